The molecule has 114 valence electrons. The SMILES string of the molecule is Cc1cncnc1N1CC2CN(C(=O)c3cn[nH]c3)CC2C1. The molecule has 4 heterocycles. The van der Waals surface area contributed by atoms with Gasteiger partial charge in [0, 0.05) is 56.0 Å². The molecule has 2 atom stereocenters. The Morgan fingerprint density at radius 1 is 1.23 bits per heavy atom. The molecule has 7 nitrogen and oxygen atoms in total. The summed E-state index contributed by atoms with van der Waals surface area (Å²) in [6, 6.07) is 0. The van der Waals surface area contributed by atoms with Crippen LogP contribution >= 0.6 is 0 Å². The molecule has 1 N–H and O–H groups in total. The molecule has 2 aromatic rings. The van der Waals surface area contributed by atoms with E-state index < -0.39 is 0 Å². The molecule has 0 radical (unpaired) electrons. The van der Waals surface area contributed by atoms with Crippen molar-refractivity contribution in [3.8, 4) is 0 Å². The Kier molecular flexibility index (Phi) is 3.06. The number of carbonyl (C=O) groups is 1. The number of nitrogens with zero attached hydrogens (tertiary/aromatic N) is 5. The average molecular weight is 298 g/mol. The number of hydrogen-bond donors (Lipinski definition) is 1. The minimum atomic E-state index is 0.0768. The van der Waals surface area contributed by atoms with Crippen LogP contribution in [0.15, 0.2) is 24.9 Å². The molecule has 2 saturated heterocycles. The van der Waals surface area contributed by atoms with Gasteiger partial charge in [0.2, 0.25) is 0 Å². The number of anilines is 1. The number of H-pyrrole nitrogens is 1. The maximum absolute atomic E-state index is 12.4. The molecule has 2 aliphatic heterocycles. The molecule has 22 heavy (non-hydrogen) atoms. The zero-order valence-electron chi connectivity index (χ0n) is 12.4. The van der Waals surface area contributed by atoms with Crippen molar-refractivity contribution in [2.75, 3.05) is 31.1 Å². The van der Waals surface area contributed by atoms with Crippen molar-refractivity contribution in [3.05, 3.63) is 36.0 Å². The molecular formula is C15H18N6O. The molecule has 1 amide bonds. The first kappa shape index (κ1) is 13.2. The summed E-state index contributed by atoms with van der Waals surface area (Å²) in [5.41, 5.74) is 1.75. The molecule has 0 aromatic carbocycles. The first-order chi connectivity index (χ1) is 10.7. The summed E-state index contributed by atoms with van der Waals surface area (Å²) in [5, 5.41) is 6.55. The first-order valence-corrected chi connectivity index (χ1v) is 7.52. The van der Waals surface area contributed by atoms with Crippen molar-refractivity contribution in [1.29, 1.82) is 0 Å². The van der Waals surface area contributed by atoms with Crippen LogP contribution in [0, 0.1) is 18.8 Å². The van der Waals surface area contributed by atoms with Crippen LogP contribution < -0.4 is 4.90 Å². The number of aromatic amines is 1. The van der Waals surface area contributed by atoms with Crippen LogP contribution in [0.1, 0.15) is 15.9 Å². The highest BCUT2D eigenvalue weighted by Crippen LogP contribution is 2.34. The smallest absolute Gasteiger partial charge is 0.257 e. The molecular weight excluding hydrogens is 280 g/mol. The van der Waals surface area contributed by atoms with Gasteiger partial charge in [0.05, 0.1) is 11.8 Å². The summed E-state index contributed by atoms with van der Waals surface area (Å²) < 4.78 is 0. The molecule has 0 aliphatic carbocycles. The Labute approximate surface area is 128 Å². The second kappa shape index (κ2) is 5.08. The molecule has 0 saturated carbocycles. The number of fused-ring (bicyclic) bond motifs is 1. The van der Waals surface area contributed by atoms with Gasteiger partial charge in [0.25, 0.3) is 5.91 Å². The van der Waals surface area contributed by atoms with Gasteiger partial charge in [0.15, 0.2) is 0 Å². The van der Waals surface area contributed by atoms with Crippen LogP contribution in [0.3, 0.4) is 0 Å². The summed E-state index contributed by atoms with van der Waals surface area (Å²) in [5.74, 6) is 2.14. The van der Waals surface area contributed by atoms with Gasteiger partial charge in [0.1, 0.15) is 12.1 Å². The first-order valence-electron chi connectivity index (χ1n) is 7.52. The molecule has 2 aromatic heterocycles. The Morgan fingerprint density at radius 3 is 2.64 bits per heavy atom. The predicted molar refractivity (Wildman–Crippen MR) is 80.5 cm³/mol. The standard InChI is InChI=1S/C15H18N6O/c1-10-2-16-9-17-14(10)20-5-12-7-21(8-13(12)6-20)15(22)11-3-18-19-4-11/h2-4,9,12-13H,5-8H2,1H3,(H,18,19). The zero-order valence-corrected chi connectivity index (χ0v) is 12.4. The molecule has 4 rings (SSSR count). The number of likely N-dealkylation sites (tertiary alicyclic amines) is 1. The van der Waals surface area contributed by atoms with E-state index in [4.69, 9.17) is 0 Å². The Hall–Kier alpha value is -2.44. The van der Waals surface area contributed by atoms with E-state index >= 15 is 0 Å². The lowest BCUT2D eigenvalue weighted by molar-refractivity contribution is 0.0782. The topological polar surface area (TPSA) is 78.0 Å². The number of aryl methyl sites for hydroxylation is 1. The highest BCUT2D eigenvalue weighted by molar-refractivity contribution is 5.93. The van der Waals surface area contributed by atoms with E-state index in [1.54, 1.807) is 18.7 Å². The lowest BCUT2D eigenvalue weighted by Crippen LogP contribution is -2.33. The van der Waals surface area contributed by atoms with Crippen LogP contribution in [0.4, 0.5) is 5.82 Å². The lowest BCUT2D eigenvalue weighted by Gasteiger charge is -2.23. The van der Waals surface area contributed by atoms with Crippen LogP contribution in [-0.4, -0.2) is 57.2 Å². The van der Waals surface area contributed by atoms with Crippen molar-refractivity contribution in [3.63, 3.8) is 0 Å². The van der Waals surface area contributed by atoms with E-state index in [0.717, 1.165) is 37.6 Å². The normalized spacial score (nSPS) is 23.9. The van der Waals surface area contributed by atoms with Crippen molar-refractivity contribution < 1.29 is 4.79 Å². The van der Waals surface area contributed by atoms with Gasteiger partial charge < -0.3 is 9.80 Å². The molecule has 2 unspecified atom stereocenters. The third kappa shape index (κ3) is 2.13. The molecule has 2 aliphatic rings. The summed E-state index contributed by atoms with van der Waals surface area (Å²) in [7, 11) is 0. The van der Waals surface area contributed by atoms with E-state index in [2.05, 4.69) is 25.1 Å². The van der Waals surface area contributed by atoms with Gasteiger partial charge in [-0.15, -0.1) is 0 Å². The Balaban J connectivity index is 1.45. The highest BCUT2D eigenvalue weighted by atomic mass is 16.2. The van der Waals surface area contributed by atoms with E-state index in [9.17, 15) is 4.79 Å². The summed E-state index contributed by atoms with van der Waals surface area (Å²) in [6.45, 7) is 5.58. The summed E-state index contributed by atoms with van der Waals surface area (Å²) >= 11 is 0. The monoisotopic (exact) mass is 298 g/mol. The van der Waals surface area contributed by atoms with Gasteiger partial charge in [-0.1, -0.05) is 0 Å². The van der Waals surface area contributed by atoms with Gasteiger partial charge >= 0.3 is 0 Å². The number of aromatic nitrogens is 4. The fourth-order valence-corrected chi connectivity index (χ4v) is 3.61. The van der Waals surface area contributed by atoms with Gasteiger partial charge in [-0.2, -0.15) is 5.10 Å². The van der Waals surface area contributed by atoms with Crippen molar-refractivity contribution in [1.82, 2.24) is 25.1 Å². The summed E-state index contributed by atoms with van der Waals surface area (Å²) in [4.78, 5) is 25.1. The number of hydrogen-bond acceptors (Lipinski definition) is 5. The van der Waals surface area contributed by atoms with Gasteiger partial charge in [-0.05, 0) is 6.92 Å². The highest BCUT2D eigenvalue weighted by Gasteiger charge is 2.42. The average Bonchev–Trinajstić information content (AvgIpc) is 3.22. The second-order valence-electron chi connectivity index (χ2n) is 6.15. The van der Waals surface area contributed by atoms with E-state index in [0.29, 0.717) is 17.4 Å². The Bertz CT molecular complexity index is 671. The van der Waals surface area contributed by atoms with Gasteiger partial charge in [-0.3, -0.25) is 9.89 Å². The van der Waals surface area contributed by atoms with E-state index in [1.165, 1.54) is 0 Å². The summed E-state index contributed by atoms with van der Waals surface area (Å²) in [6.07, 6.45) is 6.70. The fraction of sp³-hybridized carbons (Fsp3) is 0.467. The zero-order chi connectivity index (χ0) is 15.1. The quantitative estimate of drug-likeness (QED) is 0.884. The third-order valence-electron chi connectivity index (χ3n) is 4.69. The second-order valence-corrected chi connectivity index (χ2v) is 6.15. The van der Waals surface area contributed by atoms with Crippen molar-refractivity contribution in [2.45, 2.75) is 6.92 Å². The molecule has 2 fully saturated rings. The van der Waals surface area contributed by atoms with Crippen LogP contribution in [0.25, 0.3) is 0 Å². The number of nitrogens with one attached hydrogen (secondary N) is 1. The maximum atomic E-state index is 12.4. The predicted octanol–water partition coefficient (Wildman–Crippen LogP) is 0.717. The number of amides is 1. The van der Waals surface area contributed by atoms with Crippen LogP contribution in [0.2, 0.25) is 0 Å². The van der Waals surface area contributed by atoms with Crippen molar-refractivity contribution in [2.24, 2.45) is 11.8 Å². The van der Waals surface area contributed by atoms with Crippen LogP contribution in [0.5, 0.6) is 0 Å². The van der Waals surface area contributed by atoms with Gasteiger partial charge in [-0.25, -0.2) is 9.97 Å². The lowest BCUT2D eigenvalue weighted by atomic mass is 10.0. The van der Waals surface area contributed by atoms with Crippen LogP contribution in [-0.2, 0) is 0 Å². The maximum Gasteiger partial charge on any atom is 0.257 e. The largest absolute Gasteiger partial charge is 0.356 e. The van der Waals surface area contributed by atoms with E-state index in [1.807, 2.05) is 18.0 Å². The third-order valence-corrected chi connectivity index (χ3v) is 4.69. The number of carbonyl (C=O) groups excluding carboxylic acids is 1. The molecule has 0 bridgehead atoms. The minimum Gasteiger partial charge on any atom is -0.356 e. The fourth-order valence-electron chi connectivity index (χ4n) is 3.61. The van der Waals surface area contributed by atoms with Crippen molar-refractivity contribution >= 4 is 11.7 Å². The number of rotatable bonds is 2. The minimum absolute atomic E-state index is 0.0768. The molecule has 0 spiro atoms. The molecule has 7 heteroatoms. The van der Waals surface area contributed by atoms with E-state index in [-0.39, 0.29) is 5.91 Å². The Morgan fingerprint density at radius 2 is 2.00 bits per heavy atom.